The third-order valence-corrected chi connectivity index (χ3v) is 4.41. The molecule has 1 saturated carbocycles. The zero-order valence-corrected chi connectivity index (χ0v) is 10.8. The van der Waals surface area contributed by atoms with Crippen molar-refractivity contribution >= 4 is 22.5 Å². The van der Waals surface area contributed by atoms with Crippen molar-refractivity contribution in [2.45, 2.75) is 25.2 Å². The molecule has 7 heteroatoms. The molecule has 0 aromatic carbocycles. The molecule has 0 bridgehead atoms. The van der Waals surface area contributed by atoms with E-state index in [-0.39, 0.29) is 18.6 Å². The van der Waals surface area contributed by atoms with Crippen LogP contribution >= 0.6 is 11.3 Å². The van der Waals surface area contributed by atoms with Crippen molar-refractivity contribution in [3.05, 3.63) is 5.01 Å². The van der Waals surface area contributed by atoms with Crippen LogP contribution in [0.4, 0.5) is 9.93 Å². The van der Waals surface area contributed by atoms with Crippen molar-refractivity contribution in [3.63, 3.8) is 0 Å². The lowest BCUT2D eigenvalue weighted by Gasteiger charge is -2.15. The third-order valence-electron chi connectivity index (χ3n) is 3.41. The fourth-order valence-corrected chi connectivity index (χ4v) is 3.02. The molecular weight excluding hydrogens is 252 g/mol. The number of likely N-dealkylation sites (tertiary alicyclic amines) is 1. The van der Waals surface area contributed by atoms with E-state index < -0.39 is 0 Å². The number of nitrogens with one attached hydrogen (secondary N) is 1. The Bertz CT molecular complexity index is 446. The van der Waals surface area contributed by atoms with Gasteiger partial charge in [0, 0.05) is 31.5 Å². The Morgan fingerprint density at radius 3 is 2.94 bits per heavy atom. The summed E-state index contributed by atoms with van der Waals surface area (Å²) < 4.78 is 0. The van der Waals surface area contributed by atoms with Crippen molar-refractivity contribution in [2.24, 2.45) is 5.92 Å². The number of hydrogen-bond donors (Lipinski definition) is 2. The molecule has 2 amide bonds. The number of urea groups is 1. The van der Waals surface area contributed by atoms with E-state index in [0.29, 0.717) is 24.1 Å². The highest BCUT2D eigenvalue weighted by atomic mass is 32.1. The SMILES string of the molecule is O=C(Nc1nnc(C2CC2)s1)N1CCC(CO)C1. The summed E-state index contributed by atoms with van der Waals surface area (Å²) in [5.41, 5.74) is 0. The van der Waals surface area contributed by atoms with E-state index in [9.17, 15) is 4.79 Å². The molecule has 3 rings (SSSR count). The fourth-order valence-electron chi connectivity index (χ4n) is 2.12. The maximum atomic E-state index is 11.9. The van der Waals surface area contributed by atoms with Crippen LogP contribution in [0.2, 0.25) is 0 Å². The molecule has 1 saturated heterocycles. The highest BCUT2D eigenvalue weighted by Crippen LogP contribution is 2.42. The van der Waals surface area contributed by atoms with Crippen molar-refractivity contribution in [2.75, 3.05) is 25.0 Å². The molecule has 1 aliphatic carbocycles. The van der Waals surface area contributed by atoms with Crippen LogP contribution < -0.4 is 5.32 Å². The van der Waals surface area contributed by atoms with Crippen LogP contribution in [0.25, 0.3) is 0 Å². The van der Waals surface area contributed by atoms with Crippen LogP contribution in [-0.4, -0.2) is 45.9 Å². The molecule has 2 aliphatic rings. The van der Waals surface area contributed by atoms with Gasteiger partial charge >= 0.3 is 6.03 Å². The largest absolute Gasteiger partial charge is 0.396 e. The van der Waals surface area contributed by atoms with Gasteiger partial charge in [-0.1, -0.05) is 11.3 Å². The first-order valence-corrected chi connectivity index (χ1v) is 7.08. The summed E-state index contributed by atoms with van der Waals surface area (Å²) in [6.07, 6.45) is 3.24. The monoisotopic (exact) mass is 268 g/mol. The van der Waals surface area contributed by atoms with Crippen LogP contribution in [0.1, 0.15) is 30.2 Å². The number of nitrogens with zero attached hydrogens (tertiary/aromatic N) is 3. The lowest BCUT2D eigenvalue weighted by Crippen LogP contribution is -2.33. The lowest BCUT2D eigenvalue weighted by atomic mass is 10.1. The molecule has 18 heavy (non-hydrogen) atoms. The fraction of sp³-hybridized carbons (Fsp3) is 0.727. The van der Waals surface area contributed by atoms with Crippen molar-refractivity contribution in [1.29, 1.82) is 0 Å². The van der Waals surface area contributed by atoms with Gasteiger partial charge in [-0.15, -0.1) is 10.2 Å². The molecule has 1 unspecified atom stereocenters. The summed E-state index contributed by atoms with van der Waals surface area (Å²) in [6.45, 7) is 1.47. The average Bonchev–Trinajstić information content (AvgIpc) is 2.93. The number of aromatic nitrogens is 2. The Morgan fingerprint density at radius 2 is 2.28 bits per heavy atom. The minimum Gasteiger partial charge on any atom is -0.396 e. The van der Waals surface area contributed by atoms with Gasteiger partial charge in [-0.3, -0.25) is 5.32 Å². The first kappa shape index (κ1) is 11.9. The molecule has 0 spiro atoms. The molecule has 1 aromatic rings. The Kier molecular flexibility index (Phi) is 3.17. The Labute approximate surface area is 109 Å². The summed E-state index contributed by atoms with van der Waals surface area (Å²) >= 11 is 1.47. The van der Waals surface area contributed by atoms with Gasteiger partial charge in [-0.2, -0.15) is 0 Å². The maximum Gasteiger partial charge on any atom is 0.323 e. The van der Waals surface area contributed by atoms with Crippen LogP contribution in [0, 0.1) is 5.92 Å². The first-order chi connectivity index (χ1) is 8.76. The topological polar surface area (TPSA) is 78.4 Å². The highest BCUT2D eigenvalue weighted by Gasteiger charge is 2.29. The summed E-state index contributed by atoms with van der Waals surface area (Å²) in [6, 6.07) is -0.135. The predicted octanol–water partition coefficient (Wildman–Crippen LogP) is 1.26. The molecule has 1 aromatic heterocycles. The van der Waals surface area contributed by atoms with Crippen molar-refractivity contribution in [3.8, 4) is 0 Å². The van der Waals surface area contributed by atoms with E-state index in [1.54, 1.807) is 4.90 Å². The van der Waals surface area contributed by atoms with Gasteiger partial charge in [0.1, 0.15) is 5.01 Å². The van der Waals surface area contributed by atoms with Gasteiger partial charge in [0.15, 0.2) is 0 Å². The van der Waals surface area contributed by atoms with E-state index in [2.05, 4.69) is 15.5 Å². The Balaban J connectivity index is 1.56. The number of anilines is 1. The molecule has 1 aliphatic heterocycles. The normalized spacial score (nSPS) is 23.4. The first-order valence-electron chi connectivity index (χ1n) is 6.26. The van der Waals surface area contributed by atoms with Crippen molar-refractivity contribution in [1.82, 2.24) is 15.1 Å². The van der Waals surface area contributed by atoms with Gasteiger partial charge in [0.25, 0.3) is 0 Å². The number of hydrogen-bond acceptors (Lipinski definition) is 5. The number of aliphatic hydroxyl groups excluding tert-OH is 1. The van der Waals surface area contributed by atoms with Crippen molar-refractivity contribution < 1.29 is 9.90 Å². The average molecular weight is 268 g/mol. The molecule has 0 radical (unpaired) electrons. The number of carbonyl (C=O) groups is 1. The summed E-state index contributed by atoms with van der Waals surface area (Å²) in [4.78, 5) is 13.7. The van der Waals surface area contributed by atoms with Gasteiger partial charge in [-0.25, -0.2) is 4.79 Å². The van der Waals surface area contributed by atoms with Gasteiger partial charge in [0.05, 0.1) is 0 Å². The zero-order chi connectivity index (χ0) is 12.5. The highest BCUT2D eigenvalue weighted by molar-refractivity contribution is 7.15. The second-order valence-corrected chi connectivity index (χ2v) is 5.94. The molecule has 6 nitrogen and oxygen atoms in total. The number of carbonyl (C=O) groups excluding carboxylic acids is 1. The second-order valence-electron chi connectivity index (χ2n) is 4.93. The summed E-state index contributed by atoms with van der Waals surface area (Å²) in [5, 5.41) is 21.5. The van der Waals surface area contributed by atoms with E-state index >= 15 is 0 Å². The van der Waals surface area contributed by atoms with Gasteiger partial charge in [-0.05, 0) is 19.3 Å². The molecule has 98 valence electrons. The van der Waals surface area contributed by atoms with E-state index in [0.717, 1.165) is 11.4 Å². The zero-order valence-electron chi connectivity index (χ0n) is 10.0. The number of amides is 2. The van der Waals surface area contributed by atoms with Gasteiger partial charge in [0.2, 0.25) is 5.13 Å². The smallest absolute Gasteiger partial charge is 0.323 e. The molecule has 1 atom stereocenters. The maximum absolute atomic E-state index is 11.9. The van der Waals surface area contributed by atoms with Gasteiger partial charge < -0.3 is 10.0 Å². The van der Waals surface area contributed by atoms with E-state index in [1.807, 2.05) is 0 Å². The third kappa shape index (κ3) is 2.46. The summed E-state index contributed by atoms with van der Waals surface area (Å²) in [7, 11) is 0. The number of aliphatic hydroxyl groups is 1. The standard InChI is InChI=1S/C11H16N4O2S/c16-6-7-3-4-15(5-7)11(17)12-10-14-13-9(18-10)8-1-2-8/h7-8,16H,1-6H2,(H,12,14,17). The van der Waals surface area contributed by atoms with Crippen LogP contribution in [0.15, 0.2) is 0 Å². The van der Waals surface area contributed by atoms with E-state index in [4.69, 9.17) is 5.11 Å². The molecule has 2 heterocycles. The second kappa shape index (κ2) is 4.81. The quantitative estimate of drug-likeness (QED) is 0.865. The van der Waals surface area contributed by atoms with Crippen LogP contribution in [0.5, 0.6) is 0 Å². The molecule has 2 fully saturated rings. The number of rotatable bonds is 3. The lowest BCUT2D eigenvalue weighted by molar-refractivity contribution is 0.208. The Hall–Kier alpha value is -1.21. The Morgan fingerprint density at radius 1 is 1.44 bits per heavy atom. The molecule has 2 N–H and O–H groups in total. The molecular formula is C11H16N4O2S. The summed E-state index contributed by atoms with van der Waals surface area (Å²) in [5.74, 6) is 0.783. The minimum atomic E-state index is -0.135. The van der Waals surface area contributed by atoms with Crippen LogP contribution in [0.3, 0.4) is 0 Å². The van der Waals surface area contributed by atoms with E-state index in [1.165, 1.54) is 24.2 Å². The predicted molar refractivity (Wildman–Crippen MR) is 67.7 cm³/mol. The van der Waals surface area contributed by atoms with Crippen LogP contribution in [-0.2, 0) is 0 Å². The minimum absolute atomic E-state index is 0.135.